The molecule has 0 spiro atoms. The van der Waals surface area contributed by atoms with Crippen molar-refractivity contribution in [3.8, 4) is 0 Å². The molecule has 0 bridgehead atoms. The second-order valence-corrected chi connectivity index (χ2v) is 6.80. The van der Waals surface area contributed by atoms with Crippen LogP contribution in [-0.4, -0.2) is 59.8 Å². The maximum atomic E-state index is 12.5. The molecule has 2 amide bonds. The van der Waals surface area contributed by atoms with Crippen molar-refractivity contribution >= 4 is 17.5 Å². The molecule has 0 saturated heterocycles. The van der Waals surface area contributed by atoms with Gasteiger partial charge in [0.15, 0.2) is 0 Å². The predicted molar refractivity (Wildman–Crippen MR) is 102 cm³/mol. The summed E-state index contributed by atoms with van der Waals surface area (Å²) in [6.07, 6.45) is 3.80. The van der Waals surface area contributed by atoms with Crippen LogP contribution >= 0.6 is 0 Å². The third-order valence-corrected chi connectivity index (χ3v) is 4.20. The van der Waals surface area contributed by atoms with Crippen molar-refractivity contribution in [2.45, 2.75) is 33.1 Å². The highest BCUT2D eigenvalue weighted by atomic mass is 16.2. The van der Waals surface area contributed by atoms with Crippen molar-refractivity contribution in [2.24, 2.45) is 0 Å². The number of rotatable bonds is 9. The number of carbonyl (C=O) groups excluding carboxylic acids is 2. The van der Waals surface area contributed by atoms with Crippen molar-refractivity contribution < 1.29 is 9.59 Å². The summed E-state index contributed by atoms with van der Waals surface area (Å²) in [4.78, 5) is 30.8. The monoisotopic (exact) mass is 359 g/mol. The Morgan fingerprint density at radius 2 is 1.88 bits per heavy atom. The predicted octanol–water partition coefficient (Wildman–Crippen LogP) is 1.53. The van der Waals surface area contributed by atoms with E-state index in [1.165, 1.54) is 0 Å². The molecule has 0 aliphatic heterocycles. The molecular formula is C19H29N5O2. The minimum atomic E-state index is -0.160. The Hall–Kier alpha value is -2.41. The van der Waals surface area contributed by atoms with Crippen LogP contribution in [0.15, 0.2) is 18.3 Å². The van der Waals surface area contributed by atoms with Crippen LogP contribution < -0.4 is 10.6 Å². The molecule has 2 N–H and O–H groups in total. The zero-order chi connectivity index (χ0) is 19.1. The molecule has 0 unspecified atom stereocenters. The summed E-state index contributed by atoms with van der Waals surface area (Å²) in [6.45, 7) is 5.91. The fraction of sp³-hybridized carbons (Fsp3) is 0.526. The number of nitrogens with one attached hydrogen (secondary N) is 2. The summed E-state index contributed by atoms with van der Waals surface area (Å²) in [5.41, 5.74) is 3.08. The first-order chi connectivity index (χ1) is 12.4. The quantitative estimate of drug-likeness (QED) is 0.666. The number of pyridine rings is 1. The zero-order valence-corrected chi connectivity index (χ0v) is 16.1. The van der Waals surface area contributed by atoms with E-state index in [1.807, 2.05) is 50.7 Å². The van der Waals surface area contributed by atoms with Crippen LogP contribution in [0.25, 0.3) is 5.65 Å². The van der Waals surface area contributed by atoms with Gasteiger partial charge < -0.3 is 15.5 Å². The van der Waals surface area contributed by atoms with E-state index in [-0.39, 0.29) is 11.8 Å². The molecule has 0 aromatic carbocycles. The highest BCUT2D eigenvalue weighted by Gasteiger charge is 2.16. The molecule has 0 atom stereocenters. The first-order valence-electron chi connectivity index (χ1n) is 9.04. The SMILES string of the molecule is Cc1nc2c(C)cccn2c1C(=O)NCCCC(=O)NCCCN(C)C. The van der Waals surface area contributed by atoms with E-state index in [1.54, 1.807) is 0 Å². The summed E-state index contributed by atoms with van der Waals surface area (Å²) < 4.78 is 1.82. The number of aromatic nitrogens is 2. The smallest absolute Gasteiger partial charge is 0.270 e. The van der Waals surface area contributed by atoms with Gasteiger partial charge >= 0.3 is 0 Å². The number of hydrogen-bond acceptors (Lipinski definition) is 4. The van der Waals surface area contributed by atoms with Gasteiger partial charge in [0.2, 0.25) is 5.91 Å². The van der Waals surface area contributed by atoms with Gasteiger partial charge in [-0.05, 0) is 59.0 Å². The number of fused-ring (bicyclic) bond motifs is 1. The molecule has 0 radical (unpaired) electrons. The minimum Gasteiger partial charge on any atom is -0.356 e. The largest absolute Gasteiger partial charge is 0.356 e. The van der Waals surface area contributed by atoms with Crippen molar-refractivity contribution in [1.82, 2.24) is 24.9 Å². The van der Waals surface area contributed by atoms with E-state index < -0.39 is 0 Å². The second kappa shape index (κ2) is 9.33. The van der Waals surface area contributed by atoms with Gasteiger partial charge in [0.1, 0.15) is 11.3 Å². The molecule has 7 heteroatoms. The Balaban J connectivity index is 1.77. The van der Waals surface area contributed by atoms with Gasteiger partial charge in [-0.1, -0.05) is 6.07 Å². The lowest BCUT2D eigenvalue weighted by molar-refractivity contribution is -0.121. The molecule has 2 aromatic heterocycles. The van der Waals surface area contributed by atoms with Crippen molar-refractivity contribution in [3.63, 3.8) is 0 Å². The lowest BCUT2D eigenvalue weighted by atomic mass is 10.2. The number of amides is 2. The molecule has 0 aliphatic carbocycles. The van der Waals surface area contributed by atoms with Gasteiger partial charge in [0.05, 0.1) is 5.69 Å². The normalized spacial score (nSPS) is 11.1. The molecular weight excluding hydrogens is 330 g/mol. The Labute approximate surface area is 154 Å². The molecule has 0 saturated carbocycles. The van der Waals surface area contributed by atoms with Gasteiger partial charge in [-0.15, -0.1) is 0 Å². The maximum Gasteiger partial charge on any atom is 0.270 e. The molecule has 0 fully saturated rings. The van der Waals surface area contributed by atoms with Gasteiger partial charge in [0.25, 0.3) is 5.91 Å². The number of carbonyl (C=O) groups is 2. The molecule has 142 valence electrons. The van der Waals surface area contributed by atoms with Crippen LogP contribution in [0.3, 0.4) is 0 Å². The van der Waals surface area contributed by atoms with Crippen molar-refractivity contribution in [2.75, 3.05) is 33.7 Å². The average molecular weight is 359 g/mol. The van der Waals surface area contributed by atoms with Gasteiger partial charge in [-0.2, -0.15) is 0 Å². The van der Waals surface area contributed by atoms with Crippen LogP contribution in [-0.2, 0) is 4.79 Å². The van der Waals surface area contributed by atoms with Crippen LogP contribution in [0.1, 0.15) is 41.0 Å². The summed E-state index contributed by atoms with van der Waals surface area (Å²) in [5.74, 6) is -0.133. The first kappa shape index (κ1) is 19.9. The Bertz CT molecular complexity index is 767. The Morgan fingerprint density at radius 3 is 2.62 bits per heavy atom. The zero-order valence-electron chi connectivity index (χ0n) is 16.1. The lowest BCUT2D eigenvalue weighted by Crippen LogP contribution is -2.29. The van der Waals surface area contributed by atoms with Crippen LogP contribution in [0.2, 0.25) is 0 Å². The van der Waals surface area contributed by atoms with Crippen LogP contribution in [0.5, 0.6) is 0 Å². The van der Waals surface area contributed by atoms with Crippen LogP contribution in [0.4, 0.5) is 0 Å². The summed E-state index contributed by atoms with van der Waals surface area (Å²) >= 11 is 0. The van der Waals surface area contributed by atoms with Crippen LogP contribution in [0, 0.1) is 13.8 Å². The standard InChI is InChI=1S/C19H29N5O2/c1-14-8-6-13-24-17(15(2)22-18(14)24)19(26)21-10-5-9-16(25)20-11-7-12-23(3)4/h6,8,13H,5,7,9-12H2,1-4H3,(H,20,25)(H,21,26). The van der Waals surface area contributed by atoms with Crippen molar-refractivity contribution in [1.29, 1.82) is 0 Å². The lowest BCUT2D eigenvalue weighted by Gasteiger charge is -2.10. The molecule has 0 aliphatic rings. The van der Waals surface area contributed by atoms with E-state index >= 15 is 0 Å². The molecule has 26 heavy (non-hydrogen) atoms. The minimum absolute atomic E-state index is 0.0274. The van der Waals surface area contributed by atoms with E-state index in [0.29, 0.717) is 37.3 Å². The second-order valence-electron chi connectivity index (χ2n) is 6.80. The summed E-state index contributed by atoms with van der Waals surface area (Å²) in [6, 6.07) is 3.88. The fourth-order valence-electron chi connectivity index (χ4n) is 2.84. The number of hydrogen-bond donors (Lipinski definition) is 2. The van der Waals surface area contributed by atoms with E-state index in [9.17, 15) is 9.59 Å². The number of aryl methyl sites for hydroxylation is 2. The summed E-state index contributed by atoms with van der Waals surface area (Å²) in [7, 11) is 4.02. The maximum absolute atomic E-state index is 12.5. The topological polar surface area (TPSA) is 78.7 Å². The third-order valence-electron chi connectivity index (χ3n) is 4.20. The van der Waals surface area contributed by atoms with Gasteiger partial charge in [-0.3, -0.25) is 14.0 Å². The number of nitrogens with zero attached hydrogens (tertiary/aromatic N) is 3. The average Bonchev–Trinajstić information content (AvgIpc) is 2.93. The Kier molecular flexibility index (Phi) is 7.15. The molecule has 2 heterocycles. The van der Waals surface area contributed by atoms with Crippen molar-refractivity contribution in [3.05, 3.63) is 35.3 Å². The fourth-order valence-corrected chi connectivity index (χ4v) is 2.84. The van der Waals surface area contributed by atoms with Gasteiger partial charge in [0, 0.05) is 25.7 Å². The van der Waals surface area contributed by atoms with E-state index in [2.05, 4.69) is 20.5 Å². The highest BCUT2D eigenvalue weighted by Crippen LogP contribution is 2.15. The highest BCUT2D eigenvalue weighted by molar-refractivity contribution is 5.94. The first-order valence-corrected chi connectivity index (χ1v) is 9.04. The van der Waals surface area contributed by atoms with Gasteiger partial charge in [-0.25, -0.2) is 4.98 Å². The third kappa shape index (κ3) is 5.29. The Morgan fingerprint density at radius 1 is 1.15 bits per heavy atom. The van der Waals surface area contributed by atoms with E-state index in [4.69, 9.17) is 0 Å². The number of imidazole rings is 1. The molecule has 2 rings (SSSR count). The molecule has 7 nitrogen and oxygen atoms in total. The van der Waals surface area contributed by atoms with E-state index in [0.717, 1.165) is 24.2 Å². The summed E-state index contributed by atoms with van der Waals surface area (Å²) in [5, 5.41) is 5.79. The molecule has 2 aromatic rings.